The van der Waals surface area contributed by atoms with Crippen LogP contribution in [0.2, 0.25) is 0 Å². The Morgan fingerprint density at radius 3 is 1.32 bits per heavy atom. The first-order chi connectivity index (χ1) is 10.7. The van der Waals surface area contributed by atoms with Gasteiger partial charge >= 0.3 is 0 Å². The van der Waals surface area contributed by atoms with Crippen LogP contribution in [0.4, 0.5) is 0 Å². The van der Waals surface area contributed by atoms with E-state index in [1.807, 2.05) is 6.92 Å². The number of rotatable bonds is 17. The number of ketones is 1. The number of carbonyl (C=O) groups excluding carboxylic acids is 1. The summed E-state index contributed by atoms with van der Waals surface area (Å²) in [6.07, 6.45) is 19.2. The van der Waals surface area contributed by atoms with Gasteiger partial charge in [-0.25, -0.2) is 0 Å². The largest absolute Gasteiger partial charge is 0.330 e. The van der Waals surface area contributed by atoms with E-state index >= 15 is 0 Å². The molecule has 0 spiro atoms. The second-order valence-corrected chi connectivity index (χ2v) is 6.69. The zero-order valence-electron chi connectivity index (χ0n) is 15.0. The standard InChI is InChI=1S/C20H39NO/c1-19(2)20(22)17-15-13-11-9-7-5-3-4-6-8-10-12-14-16-18-21/h1,3-18,21H2,2H3. The number of unbranched alkanes of at least 4 members (excludes halogenated alkanes) is 13. The van der Waals surface area contributed by atoms with Gasteiger partial charge in [-0.3, -0.25) is 4.79 Å². The first-order valence-electron chi connectivity index (χ1n) is 9.57. The van der Waals surface area contributed by atoms with Crippen molar-refractivity contribution in [3.63, 3.8) is 0 Å². The van der Waals surface area contributed by atoms with Crippen LogP contribution in [-0.4, -0.2) is 12.3 Å². The Balaban J connectivity index is 3.05. The summed E-state index contributed by atoms with van der Waals surface area (Å²) in [7, 11) is 0. The Morgan fingerprint density at radius 2 is 1.00 bits per heavy atom. The molecule has 0 aliphatic rings. The summed E-state index contributed by atoms with van der Waals surface area (Å²) in [4.78, 5) is 11.4. The van der Waals surface area contributed by atoms with Gasteiger partial charge in [0, 0.05) is 6.42 Å². The first kappa shape index (κ1) is 21.4. The lowest BCUT2D eigenvalue weighted by atomic mass is 10.0. The van der Waals surface area contributed by atoms with Gasteiger partial charge in [0.1, 0.15) is 0 Å². The molecule has 0 heterocycles. The van der Waals surface area contributed by atoms with Crippen LogP contribution in [0.1, 0.15) is 103 Å². The summed E-state index contributed by atoms with van der Waals surface area (Å²) >= 11 is 0. The van der Waals surface area contributed by atoms with Crippen molar-refractivity contribution in [2.45, 2.75) is 103 Å². The lowest BCUT2D eigenvalue weighted by Gasteiger charge is -2.03. The number of hydrogen-bond acceptors (Lipinski definition) is 2. The minimum atomic E-state index is 0.239. The highest BCUT2D eigenvalue weighted by atomic mass is 16.1. The van der Waals surface area contributed by atoms with Gasteiger partial charge in [0.05, 0.1) is 0 Å². The van der Waals surface area contributed by atoms with E-state index in [2.05, 4.69) is 6.58 Å². The van der Waals surface area contributed by atoms with Crippen LogP contribution >= 0.6 is 0 Å². The molecular weight excluding hydrogens is 270 g/mol. The highest BCUT2D eigenvalue weighted by Gasteiger charge is 2.01. The highest BCUT2D eigenvalue weighted by Crippen LogP contribution is 2.13. The van der Waals surface area contributed by atoms with Crippen molar-refractivity contribution in [2.75, 3.05) is 6.54 Å². The number of allylic oxidation sites excluding steroid dienone is 1. The molecule has 2 nitrogen and oxygen atoms in total. The van der Waals surface area contributed by atoms with Gasteiger partial charge < -0.3 is 5.73 Å². The molecule has 22 heavy (non-hydrogen) atoms. The molecule has 0 amide bonds. The fourth-order valence-electron chi connectivity index (χ4n) is 2.76. The fraction of sp³-hybridized carbons (Fsp3) is 0.850. The molecule has 0 atom stereocenters. The molecule has 0 saturated heterocycles. The van der Waals surface area contributed by atoms with Crippen LogP contribution in [0.25, 0.3) is 0 Å². The maximum Gasteiger partial charge on any atom is 0.157 e. The molecule has 0 aliphatic carbocycles. The monoisotopic (exact) mass is 309 g/mol. The zero-order chi connectivity index (χ0) is 16.5. The minimum absolute atomic E-state index is 0.239. The van der Waals surface area contributed by atoms with E-state index in [1.165, 1.54) is 83.5 Å². The number of nitrogens with two attached hydrogens (primary N) is 1. The van der Waals surface area contributed by atoms with Crippen LogP contribution in [0, 0.1) is 0 Å². The average Bonchev–Trinajstić information content (AvgIpc) is 2.50. The predicted molar refractivity (Wildman–Crippen MR) is 98.1 cm³/mol. The summed E-state index contributed by atoms with van der Waals surface area (Å²) < 4.78 is 0. The second-order valence-electron chi connectivity index (χ2n) is 6.69. The quantitative estimate of drug-likeness (QED) is 0.267. The Morgan fingerprint density at radius 1 is 0.682 bits per heavy atom. The van der Waals surface area contributed by atoms with Crippen molar-refractivity contribution in [2.24, 2.45) is 5.73 Å². The Kier molecular flexibility index (Phi) is 16.3. The van der Waals surface area contributed by atoms with Crippen molar-refractivity contribution in [3.05, 3.63) is 12.2 Å². The molecule has 2 heteroatoms. The molecule has 0 saturated carbocycles. The normalized spacial score (nSPS) is 10.8. The lowest BCUT2D eigenvalue weighted by molar-refractivity contribution is -0.115. The van der Waals surface area contributed by atoms with Crippen LogP contribution in [0.15, 0.2) is 12.2 Å². The summed E-state index contributed by atoms with van der Waals surface area (Å²) in [5, 5.41) is 0. The van der Waals surface area contributed by atoms with E-state index in [-0.39, 0.29) is 5.78 Å². The van der Waals surface area contributed by atoms with E-state index < -0.39 is 0 Å². The van der Waals surface area contributed by atoms with Crippen molar-refractivity contribution < 1.29 is 4.79 Å². The van der Waals surface area contributed by atoms with Crippen LogP contribution in [0.5, 0.6) is 0 Å². The summed E-state index contributed by atoms with van der Waals surface area (Å²) in [6.45, 7) is 6.35. The molecule has 0 bridgehead atoms. The van der Waals surface area contributed by atoms with E-state index in [4.69, 9.17) is 5.73 Å². The smallest absolute Gasteiger partial charge is 0.157 e. The average molecular weight is 310 g/mol. The molecule has 0 aliphatic heterocycles. The predicted octanol–water partition coefficient (Wildman–Crippen LogP) is 5.94. The molecule has 0 aromatic rings. The van der Waals surface area contributed by atoms with Gasteiger partial charge in [0.2, 0.25) is 0 Å². The van der Waals surface area contributed by atoms with Gasteiger partial charge in [0.15, 0.2) is 5.78 Å². The van der Waals surface area contributed by atoms with Gasteiger partial charge in [-0.1, -0.05) is 83.6 Å². The van der Waals surface area contributed by atoms with E-state index in [1.54, 1.807) is 0 Å². The third kappa shape index (κ3) is 15.8. The highest BCUT2D eigenvalue weighted by molar-refractivity contribution is 5.93. The van der Waals surface area contributed by atoms with E-state index in [0.717, 1.165) is 13.0 Å². The molecule has 2 N–H and O–H groups in total. The van der Waals surface area contributed by atoms with Gasteiger partial charge in [-0.2, -0.15) is 0 Å². The topological polar surface area (TPSA) is 43.1 Å². The number of carbonyl (C=O) groups is 1. The summed E-state index contributed by atoms with van der Waals surface area (Å²) in [6, 6.07) is 0. The number of hydrogen-bond donors (Lipinski definition) is 1. The van der Waals surface area contributed by atoms with Crippen molar-refractivity contribution in [3.8, 4) is 0 Å². The fourth-order valence-corrected chi connectivity index (χ4v) is 2.76. The first-order valence-corrected chi connectivity index (χ1v) is 9.57. The van der Waals surface area contributed by atoms with Crippen molar-refractivity contribution in [1.82, 2.24) is 0 Å². The molecule has 0 rings (SSSR count). The second kappa shape index (κ2) is 16.7. The number of Topliss-reactive ketones (excluding diaryl/α,β-unsaturated/α-hetero) is 1. The summed E-state index contributed by atoms with van der Waals surface area (Å²) in [5.74, 6) is 0.239. The Hall–Kier alpha value is -0.630. The molecule has 0 aromatic carbocycles. The molecule has 0 fully saturated rings. The Bertz CT molecular complexity index is 273. The minimum Gasteiger partial charge on any atom is -0.330 e. The molecule has 0 radical (unpaired) electrons. The molecule has 130 valence electrons. The maximum absolute atomic E-state index is 11.4. The van der Waals surface area contributed by atoms with Crippen LogP contribution in [-0.2, 0) is 4.79 Å². The van der Waals surface area contributed by atoms with Crippen LogP contribution < -0.4 is 5.73 Å². The van der Waals surface area contributed by atoms with Crippen LogP contribution in [0.3, 0.4) is 0 Å². The molecule has 0 aromatic heterocycles. The SMILES string of the molecule is C=C(C)C(=O)CCCCCCCCCCCCCCCCN. The van der Waals surface area contributed by atoms with E-state index in [9.17, 15) is 4.79 Å². The molecule has 0 unspecified atom stereocenters. The third-order valence-corrected chi connectivity index (χ3v) is 4.33. The van der Waals surface area contributed by atoms with Gasteiger partial charge in [0.25, 0.3) is 0 Å². The third-order valence-electron chi connectivity index (χ3n) is 4.33. The zero-order valence-corrected chi connectivity index (χ0v) is 15.0. The van der Waals surface area contributed by atoms with Gasteiger partial charge in [-0.15, -0.1) is 0 Å². The van der Waals surface area contributed by atoms with E-state index in [0.29, 0.717) is 12.0 Å². The van der Waals surface area contributed by atoms with Crippen molar-refractivity contribution in [1.29, 1.82) is 0 Å². The lowest BCUT2D eigenvalue weighted by Crippen LogP contribution is -1.97. The summed E-state index contributed by atoms with van der Waals surface area (Å²) in [5.41, 5.74) is 6.19. The molecular formula is C20H39NO. The van der Waals surface area contributed by atoms with Crippen molar-refractivity contribution >= 4 is 5.78 Å². The maximum atomic E-state index is 11.4. The van der Waals surface area contributed by atoms with Gasteiger partial charge in [-0.05, 0) is 31.9 Å². The Labute approximate surface area is 138 Å².